The number of likely N-dealkylation sites (tertiary alicyclic amines) is 1. The van der Waals surface area contributed by atoms with Crippen molar-refractivity contribution in [1.29, 1.82) is 0 Å². The molecule has 2 aromatic carbocycles. The number of amides is 1. The second-order valence-electron chi connectivity index (χ2n) is 7.17. The number of ether oxygens (including phenoxy) is 4. The van der Waals surface area contributed by atoms with Crippen LogP contribution in [0.4, 0.5) is 0 Å². The molecular weight excluding hydrogens is 450 g/mol. The summed E-state index contributed by atoms with van der Waals surface area (Å²) < 4.78 is 21.2. The van der Waals surface area contributed by atoms with E-state index in [0.29, 0.717) is 23.7 Å². The predicted octanol–water partition coefficient (Wildman–Crippen LogP) is 3.82. The molecule has 1 saturated heterocycles. The number of hydrogen-bond donors (Lipinski definition) is 1. The van der Waals surface area contributed by atoms with Crippen molar-refractivity contribution in [2.45, 2.75) is 13.0 Å². The number of Topliss-reactive ketones (excluding diaryl/α,β-unsaturated/α-hetero) is 1. The zero-order chi connectivity index (χ0) is 24.1. The van der Waals surface area contributed by atoms with Crippen LogP contribution in [0.1, 0.15) is 24.1 Å². The van der Waals surface area contributed by atoms with E-state index in [1.54, 1.807) is 24.3 Å². The predicted molar refractivity (Wildman–Crippen MR) is 123 cm³/mol. The summed E-state index contributed by atoms with van der Waals surface area (Å²) in [7, 11) is 4.38. The van der Waals surface area contributed by atoms with Gasteiger partial charge in [-0.05, 0) is 30.7 Å². The molecule has 0 bridgehead atoms. The fourth-order valence-corrected chi connectivity index (χ4v) is 3.99. The van der Waals surface area contributed by atoms with Crippen LogP contribution in [-0.4, -0.2) is 62.8 Å². The van der Waals surface area contributed by atoms with E-state index in [0.717, 1.165) is 0 Å². The van der Waals surface area contributed by atoms with Crippen molar-refractivity contribution in [2.75, 3.05) is 41.1 Å². The van der Waals surface area contributed by atoms with Crippen LogP contribution in [0.3, 0.4) is 0 Å². The van der Waals surface area contributed by atoms with E-state index in [1.807, 2.05) is 6.92 Å². The van der Waals surface area contributed by atoms with Gasteiger partial charge in [0.1, 0.15) is 23.0 Å². The Kier molecular flexibility index (Phi) is 7.84. The summed E-state index contributed by atoms with van der Waals surface area (Å²) in [6.45, 7) is 2.76. The highest BCUT2D eigenvalue weighted by Crippen LogP contribution is 2.43. The third-order valence-electron chi connectivity index (χ3n) is 5.31. The lowest BCUT2D eigenvalue weighted by atomic mass is 9.95. The van der Waals surface area contributed by atoms with E-state index < -0.39 is 23.5 Å². The van der Waals surface area contributed by atoms with Crippen LogP contribution in [0.5, 0.6) is 17.2 Å². The third kappa shape index (κ3) is 4.77. The van der Waals surface area contributed by atoms with Gasteiger partial charge in [-0.15, -0.1) is 0 Å². The number of ketones is 1. The maximum atomic E-state index is 13.1. The Balaban J connectivity index is 2.20. The molecule has 3 rings (SSSR count). The molecule has 2 aromatic rings. The number of rotatable bonds is 9. The number of hydrogen-bond acceptors (Lipinski definition) is 7. The SMILES string of the molecule is CCOc1ccc(C2/C(=C(\O)c3cc(Cl)c(OC)cc3OC)C(=O)C(=O)N2CCOC)cc1. The smallest absolute Gasteiger partial charge is 0.295 e. The molecule has 0 aromatic heterocycles. The molecule has 1 fully saturated rings. The van der Waals surface area contributed by atoms with Crippen LogP contribution >= 0.6 is 11.6 Å². The average molecular weight is 476 g/mol. The molecule has 0 saturated carbocycles. The molecule has 1 amide bonds. The Morgan fingerprint density at radius 2 is 1.73 bits per heavy atom. The lowest BCUT2D eigenvalue weighted by molar-refractivity contribution is -0.140. The third-order valence-corrected chi connectivity index (χ3v) is 5.61. The molecule has 1 heterocycles. The van der Waals surface area contributed by atoms with Crippen LogP contribution in [0.25, 0.3) is 5.76 Å². The van der Waals surface area contributed by atoms with E-state index in [2.05, 4.69) is 0 Å². The van der Waals surface area contributed by atoms with Crippen molar-refractivity contribution >= 4 is 29.1 Å². The Labute approximate surface area is 197 Å². The lowest BCUT2D eigenvalue weighted by Crippen LogP contribution is -2.32. The molecule has 0 spiro atoms. The number of nitrogens with zero attached hydrogens (tertiary/aromatic N) is 1. The molecule has 1 atom stereocenters. The average Bonchev–Trinajstić information content (AvgIpc) is 3.07. The zero-order valence-electron chi connectivity index (χ0n) is 18.9. The summed E-state index contributed by atoms with van der Waals surface area (Å²) in [5.74, 6) is -0.703. The first kappa shape index (κ1) is 24.4. The molecule has 1 N–H and O–H groups in total. The van der Waals surface area contributed by atoms with Crippen LogP contribution in [0.2, 0.25) is 5.02 Å². The van der Waals surface area contributed by atoms with Crippen LogP contribution in [0.15, 0.2) is 42.0 Å². The zero-order valence-corrected chi connectivity index (χ0v) is 19.6. The number of benzene rings is 2. The fourth-order valence-electron chi connectivity index (χ4n) is 3.75. The highest BCUT2D eigenvalue weighted by atomic mass is 35.5. The summed E-state index contributed by atoms with van der Waals surface area (Å²) in [4.78, 5) is 27.4. The van der Waals surface area contributed by atoms with Crippen molar-refractivity contribution in [1.82, 2.24) is 4.90 Å². The van der Waals surface area contributed by atoms with Gasteiger partial charge in [0.2, 0.25) is 0 Å². The molecule has 1 aliphatic heterocycles. The number of aliphatic hydroxyl groups is 1. The van der Waals surface area contributed by atoms with Gasteiger partial charge >= 0.3 is 0 Å². The first-order valence-corrected chi connectivity index (χ1v) is 10.7. The second kappa shape index (κ2) is 10.6. The minimum absolute atomic E-state index is 0.0696. The molecule has 1 aliphatic rings. The minimum atomic E-state index is -0.832. The summed E-state index contributed by atoms with van der Waals surface area (Å²) in [6, 6.07) is 9.12. The van der Waals surface area contributed by atoms with Gasteiger partial charge in [-0.25, -0.2) is 0 Å². The van der Waals surface area contributed by atoms with E-state index in [4.69, 9.17) is 30.5 Å². The molecule has 9 heteroatoms. The normalized spacial score (nSPS) is 17.4. The van der Waals surface area contributed by atoms with Crippen molar-refractivity contribution < 1.29 is 33.6 Å². The maximum Gasteiger partial charge on any atom is 0.295 e. The first-order valence-electron chi connectivity index (χ1n) is 10.3. The molecule has 1 unspecified atom stereocenters. The maximum absolute atomic E-state index is 13.1. The highest BCUT2D eigenvalue weighted by Gasteiger charge is 2.46. The summed E-state index contributed by atoms with van der Waals surface area (Å²) in [5, 5.41) is 11.5. The largest absolute Gasteiger partial charge is 0.507 e. The number of carbonyl (C=O) groups excluding carboxylic acids is 2. The summed E-state index contributed by atoms with van der Waals surface area (Å²) in [6.07, 6.45) is 0. The van der Waals surface area contributed by atoms with Crippen molar-refractivity contribution in [3.05, 3.63) is 58.1 Å². The number of halogens is 1. The van der Waals surface area contributed by atoms with Crippen molar-refractivity contribution in [3.8, 4) is 17.2 Å². The topological polar surface area (TPSA) is 94.5 Å². The molecule has 0 radical (unpaired) electrons. The van der Waals surface area contributed by atoms with E-state index >= 15 is 0 Å². The summed E-state index contributed by atoms with van der Waals surface area (Å²) >= 11 is 6.27. The Morgan fingerprint density at radius 1 is 1.06 bits per heavy atom. The van der Waals surface area contributed by atoms with Gasteiger partial charge in [-0.2, -0.15) is 0 Å². The van der Waals surface area contributed by atoms with Crippen LogP contribution in [-0.2, 0) is 14.3 Å². The van der Waals surface area contributed by atoms with E-state index in [1.165, 1.54) is 38.4 Å². The summed E-state index contributed by atoms with van der Waals surface area (Å²) in [5.41, 5.74) is 0.734. The van der Waals surface area contributed by atoms with Crippen molar-refractivity contribution in [3.63, 3.8) is 0 Å². The minimum Gasteiger partial charge on any atom is -0.507 e. The molecule has 176 valence electrons. The first-order chi connectivity index (χ1) is 15.9. The van der Waals surface area contributed by atoms with Crippen molar-refractivity contribution in [2.24, 2.45) is 0 Å². The highest BCUT2D eigenvalue weighted by molar-refractivity contribution is 6.46. The Morgan fingerprint density at radius 3 is 2.30 bits per heavy atom. The van der Waals surface area contributed by atoms with Gasteiger partial charge in [0.05, 0.1) is 49.6 Å². The quantitative estimate of drug-likeness (QED) is 0.334. The lowest BCUT2D eigenvalue weighted by Gasteiger charge is -2.25. The van der Waals surface area contributed by atoms with Crippen LogP contribution < -0.4 is 14.2 Å². The van der Waals surface area contributed by atoms with Gasteiger partial charge < -0.3 is 29.0 Å². The Bertz CT molecular complexity index is 1070. The van der Waals surface area contributed by atoms with Gasteiger partial charge in [-0.1, -0.05) is 23.7 Å². The van der Waals surface area contributed by atoms with Crippen LogP contribution in [0, 0.1) is 0 Å². The Hall–Kier alpha value is -3.23. The second-order valence-corrected chi connectivity index (χ2v) is 7.58. The standard InChI is InChI=1S/C24H26ClNO7/c1-5-33-15-8-6-14(7-9-15)21-20(23(28)24(29)26(21)10-11-30-2)22(27)16-12-17(25)19(32-4)13-18(16)31-3/h6-9,12-13,21,27H,5,10-11H2,1-4H3/b22-20+. The van der Waals surface area contributed by atoms with Gasteiger partial charge in [0, 0.05) is 19.7 Å². The number of carbonyl (C=O) groups is 2. The molecule has 0 aliphatic carbocycles. The molecule has 8 nitrogen and oxygen atoms in total. The monoisotopic (exact) mass is 475 g/mol. The number of methoxy groups -OCH3 is 3. The number of aliphatic hydroxyl groups excluding tert-OH is 1. The molecular formula is C24H26ClNO7. The molecule has 33 heavy (non-hydrogen) atoms. The van der Waals surface area contributed by atoms with Gasteiger partial charge in [0.25, 0.3) is 11.7 Å². The van der Waals surface area contributed by atoms with Gasteiger partial charge in [-0.3, -0.25) is 9.59 Å². The van der Waals surface area contributed by atoms with E-state index in [-0.39, 0.29) is 35.1 Å². The van der Waals surface area contributed by atoms with Gasteiger partial charge in [0.15, 0.2) is 0 Å². The fraction of sp³-hybridized carbons (Fsp3) is 0.333. The van der Waals surface area contributed by atoms with E-state index in [9.17, 15) is 14.7 Å².